The van der Waals surface area contributed by atoms with Crippen LogP contribution >= 0.6 is 24.0 Å². The highest BCUT2D eigenvalue weighted by molar-refractivity contribution is 14.0. The molecular weight excluding hydrogens is 545 g/mol. The zero-order valence-electron chi connectivity index (χ0n) is 18.1. The molecule has 0 fully saturated rings. The van der Waals surface area contributed by atoms with E-state index in [0.717, 1.165) is 17.7 Å². The van der Waals surface area contributed by atoms with Crippen LogP contribution in [0.1, 0.15) is 23.6 Å². The first-order chi connectivity index (χ1) is 14.7. The molecule has 0 aliphatic rings. The highest BCUT2D eigenvalue weighted by Crippen LogP contribution is 2.38. The summed E-state index contributed by atoms with van der Waals surface area (Å²) in [5, 5.41) is 5.82. The smallest absolute Gasteiger partial charge is 0.416 e. The maximum atomic E-state index is 13.3. The van der Waals surface area contributed by atoms with E-state index in [-0.39, 0.29) is 42.6 Å². The minimum Gasteiger partial charge on any atom is -0.493 e. The molecule has 0 heterocycles. The van der Waals surface area contributed by atoms with Crippen molar-refractivity contribution in [3.63, 3.8) is 0 Å². The van der Waals surface area contributed by atoms with Crippen LogP contribution in [0, 0.1) is 5.82 Å². The molecule has 2 aromatic rings. The second-order valence-electron chi connectivity index (χ2n) is 6.38. The lowest BCUT2D eigenvalue weighted by atomic mass is 10.1. The van der Waals surface area contributed by atoms with Crippen molar-refractivity contribution >= 4 is 29.9 Å². The van der Waals surface area contributed by atoms with Crippen molar-refractivity contribution in [2.75, 3.05) is 27.9 Å². The number of nitrogens with zero attached hydrogens (tertiary/aromatic N) is 1. The largest absolute Gasteiger partial charge is 0.493 e. The van der Waals surface area contributed by atoms with Crippen LogP contribution in [0.15, 0.2) is 35.3 Å². The quantitative estimate of drug-likeness (QED) is 0.208. The minimum absolute atomic E-state index is 0. The summed E-state index contributed by atoms with van der Waals surface area (Å²) in [5.74, 6) is 0.726. The monoisotopic (exact) mass is 571 g/mol. The molecule has 0 unspecified atom stereocenters. The third-order valence-corrected chi connectivity index (χ3v) is 4.31. The van der Waals surface area contributed by atoms with E-state index in [0.29, 0.717) is 35.8 Å². The average Bonchev–Trinajstić information content (AvgIpc) is 2.74. The van der Waals surface area contributed by atoms with Gasteiger partial charge in [-0.15, -0.1) is 24.0 Å². The van der Waals surface area contributed by atoms with E-state index in [9.17, 15) is 17.6 Å². The van der Waals surface area contributed by atoms with Crippen LogP contribution < -0.4 is 24.8 Å². The Hall–Kier alpha value is -2.44. The molecule has 2 rings (SSSR count). The van der Waals surface area contributed by atoms with Crippen molar-refractivity contribution in [2.45, 2.75) is 26.2 Å². The molecule has 2 aromatic carbocycles. The fourth-order valence-corrected chi connectivity index (χ4v) is 2.88. The highest BCUT2D eigenvalue weighted by Gasteiger charge is 2.33. The number of benzene rings is 2. The Morgan fingerprint density at radius 1 is 0.969 bits per heavy atom. The summed E-state index contributed by atoms with van der Waals surface area (Å²) < 4.78 is 68.8. The second-order valence-corrected chi connectivity index (χ2v) is 6.38. The van der Waals surface area contributed by atoms with Gasteiger partial charge in [0, 0.05) is 13.1 Å². The predicted molar refractivity (Wildman–Crippen MR) is 125 cm³/mol. The Labute approximate surface area is 201 Å². The van der Waals surface area contributed by atoms with Crippen LogP contribution in [0.2, 0.25) is 0 Å². The molecule has 0 aromatic heterocycles. The van der Waals surface area contributed by atoms with Gasteiger partial charge >= 0.3 is 6.18 Å². The van der Waals surface area contributed by atoms with Crippen LogP contribution in [0.5, 0.6) is 17.2 Å². The van der Waals surface area contributed by atoms with Gasteiger partial charge in [-0.1, -0.05) is 6.07 Å². The molecule has 2 N–H and O–H groups in total. The number of hydrogen-bond acceptors (Lipinski definition) is 4. The van der Waals surface area contributed by atoms with E-state index in [1.54, 1.807) is 12.1 Å². The lowest BCUT2D eigenvalue weighted by Gasteiger charge is -2.16. The van der Waals surface area contributed by atoms with Crippen molar-refractivity contribution in [3.05, 3.63) is 52.8 Å². The van der Waals surface area contributed by atoms with Crippen LogP contribution in [0.3, 0.4) is 0 Å². The molecule has 0 aliphatic carbocycles. The number of rotatable bonds is 8. The second kappa shape index (κ2) is 12.6. The molecule has 0 saturated carbocycles. The Morgan fingerprint density at radius 2 is 1.59 bits per heavy atom. The summed E-state index contributed by atoms with van der Waals surface area (Å²) in [6.07, 6.45) is -4.66. The van der Waals surface area contributed by atoms with Crippen molar-refractivity contribution in [1.29, 1.82) is 0 Å². The molecule has 6 nitrogen and oxygen atoms in total. The molecule has 0 bridgehead atoms. The molecule has 0 amide bonds. The molecule has 32 heavy (non-hydrogen) atoms. The van der Waals surface area contributed by atoms with Crippen molar-refractivity contribution in [1.82, 2.24) is 10.6 Å². The number of methoxy groups -OCH3 is 3. The maximum absolute atomic E-state index is 13.3. The summed E-state index contributed by atoms with van der Waals surface area (Å²) >= 11 is 0. The lowest BCUT2D eigenvalue weighted by Crippen LogP contribution is -2.37. The number of hydrogen-bond donors (Lipinski definition) is 2. The Balaban J connectivity index is 0.00000512. The average molecular weight is 571 g/mol. The fourth-order valence-electron chi connectivity index (χ4n) is 2.88. The van der Waals surface area contributed by atoms with Gasteiger partial charge in [-0.25, -0.2) is 9.38 Å². The molecule has 0 atom stereocenters. The van der Waals surface area contributed by atoms with Gasteiger partial charge in [-0.2, -0.15) is 13.2 Å². The topological polar surface area (TPSA) is 64.1 Å². The summed E-state index contributed by atoms with van der Waals surface area (Å²) in [5.41, 5.74) is -0.378. The zero-order chi connectivity index (χ0) is 23.0. The minimum atomic E-state index is -4.66. The Kier molecular flexibility index (Phi) is 10.8. The predicted octanol–water partition coefficient (Wildman–Crippen LogP) is 4.74. The zero-order valence-corrected chi connectivity index (χ0v) is 20.4. The molecule has 0 aliphatic heterocycles. The Bertz CT molecular complexity index is 899. The Morgan fingerprint density at radius 3 is 2.09 bits per heavy atom. The third-order valence-electron chi connectivity index (χ3n) is 4.31. The van der Waals surface area contributed by atoms with Gasteiger partial charge in [-0.05, 0) is 42.3 Å². The molecule has 0 radical (unpaired) electrons. The number of ether oxygens (including phenoxy) is 3. The molecular formula is C21H26F4IN3O3. The summed E-state index contributed by atoms with van der Waals surface area (Å²) in [6.45, 7) is 2.34. The van der Waals surface area contributed by atoms with Gasteiger partial charge in [0.1, 0.15) is 5.82 Å². The summed E-state index contributed by atoms with van der Waals surface area (Å²) in [7, 11) is 4.49. The maximum Gasteiger partial charge on any atom is 0.416 e. The number of aliphatic imine (C=N–C) groups is 1. The van der Waals surface area contributed by atoms with Gasteiger partial charge in [0.15, 0.2) is 17.5 Å². The standard InChI is InChI=1S/C21H25F4N3O3.HI/c1-5-26-20(28-12-14-6-7-15(22)10-16(14)21(23,24)25)27-11-13-8-17(29-2)19(31-4)18(9-13)30-3;/h6-10H,5,11-12H2,1-4H3,(H2,26,27,28);1H. The van der Waals surface area contributed by atoms with Gasteiger partial charge < -0.3 is 24.8 Å². The van der Waals surface area contributed by atoms with E-state index in [4.69, 9.17) is 14.2 Å². The van der Waals surface area contributed by atoms with Crippen molar-refractivity contribution < 1.29 is 31.8 Å². The first-order valence-corrected chi connectivity index (χ1v) is 9.40. The summed E-state index contributed by atoms with van der Waals surface area (Å²) in [6, 6.07) is 6.05. The van der Waals surface area contributed by atoms with E-state index in [2.05, 4.69) is 15.6 Å². The van der Waals surface area contributed by atoms with Gasteiger partial charge in [0.25, 0.3) is 0 Å². The van der Waals surface area contributed by atoms with Gasteiger partial charge in [0.2, 0.25) is 5.75 Å². The number of nitrogens with one attached hydrogen (secondary N) is 2. The SMILES string of the molecule is CCNC(=NCc1cc(OC)c(OC)c(OC)c1)NCc1ccc(F)cc1C(F)(F)F.I. The van der Waals surface area contributed by atoms with Crippen LogP contribution in [-0.2, 0) is 19.3 Å². The van der Waals surface area contributed by atoms with Crippen molar-refractivity contribution in [2.24, 2.45) is 4.99 Å². The van der Waals surface area contributed by atoms with E-state index < -0.39 is 17.6 Å². The van der Waals surface area contributed by atoms with Crippen LogP contribution in [-0.4, -0.2) is 33.8 Å². The first-order valence-electron chi connectivity index (χ1n) is 9.40. The number of guanidine groups is 1. The molecule has 178 valence electrons. The molecule has 0 saturated heterocycles. The number of alkyl halides is 3. The fraction of sp³-hybridized carbons (Fsp3) is 0.381. The van der Waals surface area contributed by atoms with Crippen LogP contribution in [0.25, 0.3) is 0 Å². The van der Waals surface area contributed by atoms with Crippen molar-refractivity contribution in [3.8, 4) is 17.2 Å². The third kappa shape index (κ3) is 7.31. The van der Waals surface area contributed by atoms with Crippen LogP contribution in [0.4, 0.5) is 17.6 Å². The summed E-state index contributed by atoms with van der Waals surface area (Å²) in [4.78, 5) is 4.40. The van der Waals surface area contributed by atoms with E-state index >= 15 is 0 Å². The highest BCUT2D eigenvalue weighted by atomic mass is 127. The van der Waals surface area contributed by atoms with Gasteiger partial charge in [-0.3, -0.25) is 0 Å². The lowest BCUT2D eigenvalue weighted by molar-refractivity contribution is -0.138. The first kappa shape index (κ1) is 27.6. The molecule has 11 heteroatoms. The van der Waals surface area contributed by atoms with E-state index in [1.807, 2.05) is 6.92 Å². The van der Waals surface area contributed by atoms with E-state index in [1.165, 1.54) is 21.3 Å². The normalized spacial score (nSPS) is 11.4. The van der Waals surface area contributed by atoms with Gasteiger partial charge in [0.05, 0.1) is 33.4 Å². The number of halogens is 5. The molecule has 0 spiro atoms.